The number of benzene rings is 2. The summed E-state index contributed by atoms with van der Waals surface area (Å²) in [5, 5.41) is 2.65. The normalized spacial score (nSPS) is 10.2. The van der Waals surface area contributed by atoms with Crippen LogP contribution in [0.2, 0.25) is 0 Å². The summed E-state index contributed by atoms with van der Waals surface area (Å²) in [5.41, 5.74) is 8.35. The Labute approximate surface area is 122 Å². The minimum Gasteiger partial charge on any atom is -0.481 e. The van der Waals surface area contributed by atoms with Gasteiger partial charge in [-0.15, -0.1) is 0 Å². The van der Waals surface area contributed by atoms with E-state index in [1.54, 1.807) is 31.2 Å². The van der Waals surface area contributed by atoms with Crippen molar-refractivity contribution in [2.45, 2.75) is 13.8 Å². The number of aryl methyl sites for hydroxylation is 2. The molecule has 0 unspecified atom stereocenters. The fourth-order valence-electron chi connectivity index (χ4n) is 1.79. The van der Waals surface area contributed by atoms with Gasteiger partial charge < -0.3 is 15.8 Å². The average Bonchev–Trinajstić information content (AvgIpc) is 2.44. The van der Waals surface area contributed by atoms with Gasteiger partial charge >= 0.3 is 0 Å². The number of carbonyl (C=O) groups is 1. The second-order valence-electron chi connectivity index (χ2n) is 4.80. The maximum Gasteiger partial charge on any atom is 0.262 e. The Morgan fingerprint density at radius 3 is 2.71 bits per heavy atom. The van der Waals surface area contributed by atoms with Crippen molar-refractivity contribution in [3.05, 3.63) is 53.3 Å². The molecular formula is C16H17FN2O2. The first-order chi connectivity index (χ1) is 9.97. The van der Waals surface area contributed by atoms with Crippen LogP contribution in [0.25, 0.3) is 0 Å². The van der Waals surface area contributed by atoms with Crippen LogP contribution >= 0.6 is 0 Å². The molecule has 2 aromatic carbocycles. The van der Waals surface area contributed by atoms with Crippen LogP contribution in [0.3, 0.4) is 0 Å². The largest absolute Gasteiger partial charge is 0.481 e. The molecule has 21 heavy (non-hydrogen) atoms. The molecule has 0 aliphatic rings. The van der Waals surface area contributed by atoms with Crippen LogP contribution in [0.15, 0.2) is 36.4 Å². The lowest BCUT2D eigenvalue weighted by atomic mass is 10.2. The Morgan fingerprint density at radius 1 is 1.24 bits per heavy atom. The number of ether oxygens (including phenoxy) is 1. The van der Waals surface area contributed by atoms with E-state index in [2.05, 4.69) is 5.32 Å². The summed E-state index contributed by atoms with van der Waals surface area (Å²) in [6.45, 7) is 3.25. The highest BCUT2D eigenvalue weighted by atomic mass is 19.1. The second-order valence-corrected chi connectivity index (χ2v) is 4.80. The lowest BCUT2D eigenvalue weighted by Crippen LogP contribution is -2.20. The fraction of sp³-hybridized carbons (Fsp3) is 0.188. The van der Waals surface area contributed by atoms with Crippen LogP contribution in [-0.2, 0) is 4.79 Å². The van der Waals surface area contributed by atoms with Crippen LogP contribution in [-0.4, -0.2) is 12.5 Å². The van der Waals surface area contributed by atoms with E-state index in [0.29, 0.717) is 16.9 Å². The topological polar surface area (TPSA) is 64.3 Å². The number of nitrogens with one attached hydrogen (secondary N) is 1. The van der Waals surface area contributed by atoms with Crippen LogP contribution in [0.5, 0.6) is 5.75 Å². The van der Waals surface area contributed by atoms with Gasteiger partial charge in [0.05, 0.1) is 0 Å². The summed E-state index contributed by atoms with van der Waals surface area (Å²) >= 11 is 0. The lowest BCUT2D eigenvalue weighted by molar-refractivity contribution is -0.118. The van der Waals surface area contributed by atoms with Crippen molar-refractivity contribution >= 4 is 17.3 Å². The van der Waals surface area contributed by atoms with Crippen molar-refractivity contribution in [2.24, 2.45) is 0 Å². The Morgan fingerprint density at radius 2 is 2.00 bits per heavy atom. The van der Waals surface area contributed by atoms with E-state index in [9.17, 15) is 9.18 Å². The van der Waals surface area contributed by atoms with Crippen LogP contribution in [0.4, 0.5) is 15.8 Å². The van der Waals surface area contributed by atoms with Crippen molar-refractivity contribution < 1.29 is 13.9 Å². The molecule has 0 aromatic heterocycles. The Balaban J connectivity index is 1.96. The zero-order valence-corrected chi connectivity index (χ0v) is 11.9. The molecule has 0 aliphatic carbocycles. The van der Waals surface area contributed by atoms with Crippen LogP contribution < -0.4 is 15.8 Å². The van der Waals surface area contributed by atoms with Gasteiger partial charge in [0.1, 0.15) is 0 Å². The molecule has 0 radical (unpaired) electrons. The third-order valence-electron chi connectivity index (χ3n) is 3.08. The van der Waals surface area contributed by atoms with E-state index in [0.717, 1.165) is 5.56 Å². The number of amides is 1. The van der Waals surface area contributed by atoms with Gasteiger partial charge in [-0.3, -0.25) is 4.79 Å². The number of anilines is 2. The first kappa shape index (κ1) is 14.8. The first-order valence-electron chi connectivity index (χ1n) is 6.51. The molecule has 0 saturated heterocycles. The average molecular weight is 288 g/mol. The van der Waals surface area contributed by atoms with Gasteiger partial charge in [-0.05, 0) is 43.2 Å². The number of halogens is 1. The number of hydrogen-bond acceptors (Lipinski definition) is 3. The molecule has 1 amide bonds. The van der Waals surface area contributed by atoms with Gasteiger partial charge in [0.15, 0.2) is 18.2 Å². The fourth-order valence-corrected chi connectivity index (χ4v) is 1.79. The van der Waals surface area contributed by atoms with Crippen LogP contribution in [0, 0.1) is 19.7 Å². The maximum absolute atomic E-state index is 13.7. The van der Waals surface area contributed by atoms with Crippen molar-refractivity contribution in [1.82, 2.24) is 0 Å². The quantitative estimate of drug-likeness (QED) is 0.850. The van der Waals surface area contributed by atoms with E-state index >= 15 is 0 Å². The van der Waals surface area contributed by atoms with E-state index in [1.165, 1.54) is 6.07 Å². The van der Waals surface area contributed by atoms with Gasteiger partial charge in [0, 0.05) is 11.4 Å². The summed E-state index contributed by atoms with van der Waals surface area (Å²) in [6.07, 6.45) is 0. The molecule has 5 heteroatoms. The molecule has 2 rings (SSSR count). The Bertz CT molecular complexity index is 671. The second kappa shape index (κ2) is 6.26. The number of hydrogen-bond donors (Lipinski definition) is 2. The molecule has 0 heterocycles. The minimum absolute atomic E-state index is 0.0635. The standard InChI is InChI=1S/C16H17FN2O2/c1-10-6-7-12(8-13(10)18)19-15(20)9-21-14-5-3-4-11(2)16(14)17/h3-8H,9,18H2,1-2H3,(H,19,20). The highest BCUT2D eigenvalue weighted by molar-refractivity contribution is 5.92. The van der Waals surface area contributed by atoms with Gasteiger partial charge in [-0.2, -0.15) is 0 Å². The molecule has 0 saturated carbocycles. The Kier molecular flexibility index (Phi) is 4.42. The molecule has 0 atom stereocenters. The summed E-state index contributed by atoms with van der Waals surface area (Å²) in [4.78, 5) is 11.8. The SMILES string of the molecule is Cc1ccc(NC(=O)COc2cccc(C)c2F)cc1N. The van der Waals surface area contributed by atoms with E-state index in [1.807, 2.05) is 13.0 Å². The van der Waals surface area contributed by atoms with Crippen molar-refractivity contribution in [1.29, 1.82) is 0 Å². The predicted octanol–water partition coefficient (Wildman–Crippen LogP) is 3.04. The molecule has 2 aromatic rings. The molecular weight excluding hydrogens is 271 g/mol. The number of nitrogens with two attached hydrogens (primary N) is 1. The van der Waals surface area contributed by atoms with Gasteiger partial charge in [0.2, 0.25) is 0 Å². The molecule has 0 aliphatic heterocycles. The minimum atomic E-state index is -0.454. The summed E-state index contributed by atoms with van der Waals surface area (Å²) in [6, 6.07) is 10.0. The monoisotopic (exact) mass is 288 g/mol. The highest BCUT2D eigenvalue weighted by Crippen LogP contribution is 2.20. The number of carbonyl (C=O) groups excluding carboxylic acids is 1. The van der Waals surface area contributed by atoms with E-state index < -0.39 is 5.82 Å². The maximum atomic E-state index is 13.7. The molecule has 0 bridgehead atoms. The van der Waals surface area contributed by atoms with Crippen molar-refractivity contribution in [3.63, 3.8) is 0 Å². The van der Waals surface area contributed by atoms with Gasteiger partial charge in [0.25, 0.3) is 5.91 Å². The summed E-state index contributed by atoms with van der Waals surface area (Å²) in [5.74, 6) is -0.766. The summed E-state index contributed by atoms with van der Waals surface area (Å²) in [7, 11) is 0. The van der Waals surface area contributed by atoms with Crippen molar-refractivity contribution in [3.8, 4) is 5.75 Å². The Hall–Kier alpha value is -2.56. The zero-order chi connectivity index (χ0) is 15.4. The lowest BCUT2D eigenvalue weighted by Gasteiger charge is -2.10. The van der Waals surface area contributed by atoms with E-state index in [4.69, 9.17) is 10.5 Å². The zero-order valence-electron chi connectivity index (χ0n) is 11.9. The molecule has 3 N–H and O–H groups in total. The molecule has 0 fully saturated rings. The highest BCUT2D eigenvalue weighted by Gasteiger charge is 2.09. The first-order valence-corrected chi connectivity index (χ1v) is 6.51. The van der Waals surface area contributed by atoms with E-state index in [-0.39, 0.29) is 18.3 Å². The van der Waals surface area contributed by atoms with Gasteiger partial charge in [-0.1, -0.05) is 18.2 Å². The third-order valence-corrected chi connectivity index (χ3v) is 3.08. The summed E-state index contributed by atoms with van der Waals surface area (Å²) < 4.78 is 18.9. The number of nitrogen functional groups attached to an aromatic ring is 1. The third kappa shape index (κ3) is 3.72. The number of rotatable bonds is 4. The predicted molar refractivity (Wildman–Crippen MR) is 80.9 cm³/mol. The smallest absolute Gasteiger partial charge is 0.262 e. The molecule has 4 nitrogen and oxygen atoms in total. The van der Waals surface area contributed by atoms with Crippen LogP contribution in [0.1, 0.15) is 11.1 Å². The van der Waals surface area contributed by atoms with Gasteiger partial charge in [-0.25, -0.2) is 4.39 Å². The van der Waals surface area contributed by atoms with Crippen molar-refractivity contribution in [2.75, 3.05) is 17.7 Å². The molecule has 0 spiro atoms. The molecule has 110 valence electrons.